The van der Waals surface area contributed by atoms with E-state index in [1.54, 1.807) is 17.6 Å². The van der Waals surface area contributed by atoms with E-state index in [0.717, 1.165) is 27.0 Å². The zero-order valence-electron chi connectivity index (χ0n) is 17.2. The van der Waals surface area contributed by atoms with E-state index < -0.39 is 0 Å². The number of aryl methyl sites for hydroxylation is 1. The van der Waals surface area contributed by atoms with Crippen molar-refractivity contribution in [3.8, 4) is 11.3 Å². The number of benzene rings is 2. The third kappa shape index (κ3) is 4.31. The van der Waals surface area contributed by atoms with Crippen LogP contribution in [0.2, 0.25) is 0 Å². The van der Waals surface area contributed by atoms with Crippen molar-refractivity contribution in [2.24, 2.45) is 5.10 Å². The summed E-state index contributed by atoms with van der Waals surface area (Å²) in [6.45, 7) is 6.38. The molecule has 0 aliphatic rings. The second kappa shape index (κ2) is 8.59. The summed E-state index contributed by atoms with van der Waals surface area (Å²) in [6, 6.07) is 21.9. The van der Waals surface area contributed by atoms with Gasteiger partial charge >= 0.3 is 0 Å². The molecule has 150 valence electrons. The van der Waals surface area contributed by atoms with Gasteiger partial charge in [0.05, 0.1) is 23.0 Å². The highest BCUT2D eigenvalue weighted by Gasteiger charge is 2.14. The Labute approximate surface area is 180 Å². The van der Waals surface area contributed by atoms with Crippen molar-refractivity contribution in [2.45, 2.75) is 26.7 Å². The normalized spacial score (nSPS) is 11.5. The van der Waals surface area contributed by atoms with Crippen LogP contribution < -0.4 is 5.43 Å². The molecule has 0 saturated heterocycles. The van der Waals surface area contributed by atoms with E-state index in [2.05, 4.69) is 48.6 Å². The zero-order chi connectivity index (χ0) is 21.1. The quantitative estimate of drug-likeness (QED) is 0.315. The fourth-order valence-electron chi connectivity index (χ4n) is 3.29. The van der Waals surface area contributed by atoms with E-state index in [9.17, 15) is 4.79 Å². The maximum absolute atomic E-state index is 12.9. The van der Waals surface area contributed by atoms with Crippen molar-refractivity contribution in [3.63, 3.8) is 0 Å². The second-order valence-corrected chi connectivity index (χ2v) is 8.82. The van der Waals surface area contributed by atoms with Crippen LogP contribution in [0, 0.1) is 6.92 Å². The molecule has 0 aliphatic carbocycles. The van der Waals surface area contributed by atoms with E-state index in [-0.39, 0.29) is 5.91 Å². The van der Waals surface area contributed by atoms with Gasteiger partial charge in [0.15, 0.2) is 0 Å². The minimum absolute atomic E-state index is 0.252. The Bertz CT molecular complexity index is 1220. The predicted octanol–water partition coefficient (Wildman–Crippen LogP) is 6.16. The summed E-state index contributed by atoms with van der Waals surface area (Å²) < 4.78 is 0. The van der Waals surface area contributed by atoms with Gasteiger partial charge in [0.25, 0.3) is 5.91 Å². The van der Waals surface area contributed by atoms with Gasteiger partial charge in [-0.2, -0.15) is 5.10 Å². The molecule has 4 nitrogen and oxygen atoms in total. The van der Waals surface area contributed by atoms with Gasteiger partial charge in [0, 0.05) is 20.7 Å². The highest BCUT2D eigenvalue weighted by molar-refractivity contribution is 7.13. The number of hydrogen-bond acceptors (Lipinski definition) is 4. The van der Waals surface area contributed by atoms with Gasteiger partial charge in [0.1, 0.15) is 0 Å². The Hall–Kier alpha value is -3.31. The van der Waals surface area contributed by atoms with Gasteiger partial charge in [-0.3, -0.25) is 4.79 Å². The van der Waals surface area contributed by atoms with E-state index in [1.165, 1.54) is 10.4 Å². The van der Waals surface area contributed by atoms with E-state index in [1.807, 2.05) is 49.4 Å². The first-order valence-corrected chi connectivity index (χ1v) is 10.7. The van der Waals surface area contributed by atoms with Crippen molar-refractivity contribution in [3.05, 3.63) is 87.6 Å². The maximum Gasteiger partial charge on any atom is 0.272 e. The molecule has 2 aromatic carbocycles. The lowest BCUT2D eigenvalue weighted by Gasteiger charge is -2.10. The van der Waals surface area contributed by atoms with Crippen LogP contribution in [0.5, 0.6) is 0 Å². The number of hydrogen-bond donors (Lipinski definition) is 1. The summed E-state index contributed by atoms with van der Waals surface area (Å²) in [4.78, 5) is 19.9. The highest BCUT2D eigenvalue weighted by Crippen LogP contribution is 2.26. The molecule has 0 bridgehead atoms. The Balaban J connectivity index is 1.67. The van der Waals surface area contributed by atoms with Crippen molar-refractivity contribution in [1.82, 2.24) is 10.4 Å². The molecule has 0 saturated carbocycles. The molecule has 2 aromatic heterocycles. The van der Waals surface area contributed by atoms with Crippen LogP contribution in [0.3, 0.4) is 0 Å². The first-order valence-electron chi connectivity index (χ1n) is 9.91. The lowest BCUT2D eigenvalue weighted by atomic mass is 9.99. The highest BCUT2D eigenvalue weighted by atomic mass is 32.1. The molecule has 1 amide bonds. The van der Waals surface area contributed by atoms with Gasteiger partial charge in [-0.25, -0.2) is 10.4 Å². The number of hydrazone groups is 1. The second-order valence-electron chi connectivity index (χ2n) is 7.50. The molecule has 0 atom stereocenters. The van der Waals surface area contributed by atoms with Crippen molar-refractivity contribution in [2.75, 3.05) is 0 Å². The Morgan fingerprint density at radius 2 is 1.83 bits per heavy atom. The van der Waals surface area contributed by atoms with Crippen LogP contribution in [-0.4, -0.2) is 17.1 Å². The monoisotopic (exact) mass is 413 g/mol. The molecular formula is C25H23N3OS. The number of rotatable bonds is 5. The molecule has 0 radical (unpaired) electrons. The van der Waals surface area contributed by atoms with Gasteiger partial charge in [-0.1, -0.05) is 56.3 Å². The molecule has 30 heavy (non-hydrogen) atoms. The number of nitrogens with one attached hydrogen (secondary N) is 1. The number of carbonyl (C=O) groups excluding carboxylic acids is 1. The minimum atomic E-state index is -0.252. The molecule has 0 fully saturated rings. The van der Waals surface area contributed by atoms with E-state index >= 15 is 0 Å². The van der Waals surface area contributed by atoms with Crippen LogP contribution >= 0.6 is 11.3 Å². The van der Waals surface area contributed by atoms with Gasteiger partial charge in [-0.15, -0.1) is 11.3 Å². The van der Waals surface area contributed by atoms with Crippen LogP contribution in [0.4, 0.5) is 0 Å². The molecule has 5 heteroatoms. The molecule has 0 spiro atoms. The number of fused-ring (bicyclic) bond motifs is 1. The lowest BCUT2D eigenvalue weighted by Crippen LogP contribution is -2.18. The third-order valence-corrected chi connectivity index (χ3v) is 5.89. The number of nitrogens with zero attached hydrogens (tertiary/aromatic N) is 2. The first-order chi connectivity index (χ1) is 14.5. The van der Waals surface area contributed by atoms with Gasteiger partial charge in [0.2, 0.25) is 0 Å². The standard InChI is InChI=1S/C25H23N3OS/c1-16(2)18-9-11-19(12-10-18)24-14-22(21-6-4-5-7-23(21)27-24)25(29)28-26-15-20-13-8-17(3)30-20/h4-16H,1-3H3,(H,28,29). The fourth-order valence-corrected chi connectivity index (χ4v) is 4.04. The minimum Gasteiger partial charge on any atom is -0.267 e. The molecule has 4 rings (SSSR count). The van der Waals surface area contributed by atoms with Crippen LogP contribution in [0.15, 0.2) is 71.8 Å². The Morgan fingerprint density at radius 3 is 2.53 bits per heavy atom. The summed E-state index contributed by atoms with van der Waals surface area (Å²) in [7, 11) is 0. The van der Waals surface area contributed by atoms with Crippen LogP contribution in [0.1, 0.15) is 45.4 Å². The zero-order valence-corrected chi connectivity index (χ0v) is 18.0. The summed E-state index contributed by atoms with van der Waals surface area (Å²) in [5.74, 6) is 0.216. The van der Waals surface area contributed by atoms with Crippen molar-refractivity contribution >= 4 is 34.4 Å². The maximum atomic E-state index is 12.9. The van der Waals surface area contributed by atoms with E-state index in [0.29, 0.717) is 11.5 Å². The number of para-hydroxylation sites is 1. The van der Waals surface area contributed by atoms with E-state index in [4.69, 9.17) is 4.98 Å². The summed E-state index contributed by atoms with van der Waals surface area (Å²) >= 11 is 1.63. The number of amides is 1. The number of thiophene rings is 1. The van der Waals surface area contributed by atoms with Crippen LogP contribution in [0.25, 0.3) is 22.2 Å². The van der Waals surface area contributed by atoms with Crippen molar-refractivity contribution in [1.29, 1.82) is 0 Å². The summed E-state index contributed by atoms with van der Waals surface area (Å²) in [6.07, 6.45) is 1.67. The fraction of sp³-hybridized carbons (Fsp3) is 0.160. The average Bonchev–Trinajstić information content (AvgIpc) is 3.17. The predicted molar refractivity (Wildman–Crippen MR) is 125 cm³/mol. The third-order valence-electron chi connectivity index (χ3n) is 4.95. The van der Waals surface area contributed by atoms with Crippen molar-refractivity contribution < 1.29 is 4.79 Å². The molecular weight excluding hydrogens is 390 g/mol. The number of pyridine rings is 1. The molecule has 0 aliphatic heterocycles. The summed E-state index contributed by atoms with van der Waals surface area (Å²) in [5, 5.41) is 4.94. The number of carbonyl (C=O) groups is 1. The largest absolute Gasteiger partial charge is 0.272 e. The van der Waals surface area contributed by atoms with Crippen LogP contribution in [-0.2, 0) is 0 Å². The first kappa shape index (κ1) is 20.0. The molecule has 4 aromatic rings. The lowest BCUT2D eigenvalue weighted by molar-refractivity contribution is 0.0956. The smallest absolute Gasteiger partial charge is 0.267 e. The number of aromatic nitrogens is 1. The molecule has 2 heterocycles. The summed E-state index contributed by atoms with van der Waals surface area (Å²) in [5.41, 5.74) is 7.03. The average molecular weight is 414 g/mol. The molecule has 1 N–H and O–H groups in total. The van der Waals surface area contributed by atoms with Gasteiger partial charge < -0.3 is 0 Å². The topological polar surface area (TPSA) is 54.4 Å². The SMILES string of the molecule is Cc1ccc(C=NNC(=O)c2cc(-c3ccc(C(C)C)cc3)nc3ccccc23)s1. The Morgan fingerprint density at radius 1 is 1.07 bits per heavy atom. The Kier molecular flexibility index (Phi) is 5.72. The van der Waals surface area contributed by atoms with Gasteiger partial charge in [-0.05, 0) is 42.7 Å². The molecule has 0 unspecified atom stereocenters.